The molecule has 0 amide bonds. The first-order valence-corrected chi connectivity index (χ1v) is 9.10. The highest BCUT2D eigenvalue weighted by molar-refractivity contribution is 7.66. The highest BCUT2D eigenvalue weighted by atomic mass is 31.3. The van der Waals surface area contributed by atoms with E-state index >= 15 is 0 Å². The van der Waals surface area contributed by atoms with E-state index in [4.69, 9.17) is 20.4 Å². The molecule has 0 bridgehead atoms. The van der Waals surface area contributed by atoms with E-state index in [0.717, 1.165) is 12.1 Å². The molecular weight excluding hydrogens is 339 g/mol. The number of rotatable bonds is 6. The van der Waals surface area contributed by atoms with Crippen LogP contribution < -0.4 is 10.3 Å². The lowest BCUT2D eigenvalue weighted by Crippen LogP contribution is -1.98. The minimum atomic E-state index is -5.51. The van der Waals surface area contributed by atoms with E-state index in [1.54, 1.807) is 0 Å². The van der Waals surface area contributed by atoms with Crippen molar-refractivity contribution < 1.29 is 46.4 Å². The lowest BCUT2D eigenvalue weighted by atomic mass is 10.3. The Morgan fingerprint density at radius 3 is 1.80 bits per heavy atom. The normalized spacial score (nSPS) is 18.0. The third-order valence-corrected chi connectivity index (χ3v) is 5.29. The van der Waals surface area contributed by atoms with E-state index < -0.39 is 23.5 Å². The minimum absolute atomic E-state index is 0.235. The molecule has 0 fully saturated rings. The van der Waals surface area contributed by atoms with Gasteiger partial charge in [-0.1, -0.05) is 0 Å². The zero-order valence-corrected chi connectivity index (χ0v) is 12.2. The number of nitrogens with two attached hydrogens (primary N) is 1. The molecule has 2 unspecified atom stereocenters. The zero-order chi connectivity index (χ0) is 15.6. The van der Waals surface area contributed by atoms with E-state index in [9.17, 15) is 18.6 Å². The Labute approximate surface area is 112 Å². The number of benzene rings is 1. The van der Waals surface area contributed by atoms with Crippen LogP contribution in [-0.2, 0) is 22.3 Å². The van der Waals surface area contributed by atoms with Gasteiger partial charge >= 0.3 is 23.5 Å². The van der Waals surface area contributed by atoms with Crippen LogP contribution in [0.2, 0.25) is 0 Å². The molecule has 0 aliphatic carbocycles. The maximum atomic E-state index is 11.4. The molecule has 0 spiro atoms. The lowest BCUT2D eigenvalue weighted by molar-refractivity contribution is 0.207. The summed E-state index contributed by atoms with van der Waals surface area (Å²) in [5.41, 5.74) is 5.67. The highest BCUT2D eigenvalue weighted by Gasteiger charge is 2.41. The van der Waals surface area contributed by atoms with Crippen LogP contribution in [0.25, 0.3) is 0 Å². The number of phosphoric ester groups is 1. The number of nitrogen functional groups attached to an aromatic ring is 1. The zero-order valence-electron chi connectivity index (χ0n) is 9.47. The molecule has 0 heterocycles. The second-order valence-electron chi connectivity index (χ2n) is 3.25. The predicted octanol–water partition coefficient (Wildman–Crippen LogP) is 0.974. The van der Waals surface area contributed by atoms with E-state index in [1.807, 2.05) is 0 Å². The van der Waals surface area contributed by atoms with Crippen molar-refractivity contribution >= 4 is 29.2 Å². The summed E-state index contributed by atoms with van der Waals surface area (Å²) in [6.45, 7) is 0. The summed E-state index contributed by atoms with van der Waals surface area (Å²) < 4.78 is 44.2. The molecule has 1 rings (SSSR count). The quantitative estimate of drug-likeness (QED) is 0.364. The van der Waals surface area contributed by atoms with Gasteiger partial charge in [-0.05, 0) is 24.3 Å². The topological polar surface area (TPSA) is 186 Å². The Bertz CT molecular complexity index is 608. The average Bonchev–Trinajstić information content (AvgIpc) is 2.15. The Morgan fingerprint density at radius 2 is 1.35 bits per heavy atom. The predicted molar refractivity (Wildman–Crippen MR) is 65.3 cm³/mol. The van der Waals surface area contributed by atoms with Crippen LogP contribution in [0.1, 0.15) is 0 Å². The molecule has 0 aromatic heterocycles. The number of phosphoric acid groups is 3. The molecule has 1 aromatic rings. The van der Waals surface area contributed by atoms with E-state index in [-0.39, 0.29) is 5.75 Å². The average molecular weight is 349 g/mol. The van der Waals surface area contributed by atoms with Gasteiger partial charge in [0.05, 0.1) is 0 Å². The summed E-state index contributed by atoms with van der Waals surface area (Å²) in [6, 6.07) is 4.93. The van der Waals surface area contributed by atoms with Crippen molar-refractivity contribution in [3.8, 4) is 5.75 Å². The summed E-state index contributed by atoms with van der Waals surface area (Å²) in [7, 11) is -16.1. The molecule has 0 saturated carbocycles. The van der Waals surface area contributed by atoms with Crippen molar-refractivity contribution in [3.05, 3.63) is 24.3 Å². The summed E-state index contributed by atoms with van der Waals surface area (Å²) in [5, 5.41) is 0. The van der Waals surface area contributed by atoms with Crippen molar-refractivity contribution in [2.75, 3.05) is 5.73 Å². The standard InChI is InChI=1S/C6H10NO10P3/c7-5-1-3-6(4-2-5)15-19(11,12)17-20(13,14)16-18(8,9)10/h1-4H,7H2,(H,11,12)(H,13,14)(H2,8,9,10). The second kappa shape index (κ2) is 5.95. The first-order chi connectivity index (χ1) is 8.89. The van der Waals surface area contributed by atoms with Gasteiger partial charge in [0.2, 0.25) is 0 Å². The summed E-state index contributed by atoms with van der Waals surface area (Å²) in [6.07, 6.45) is 0. The Hall–Kier alpha value is -0.730. The molecule has 1 aromatic carbocycles. The number of hydrogen-bond acceptors (Lipinski definition) is 7. The second-order valence-corrected chi connectivity index (χ2v) is 7.60. The molecule has 114 valence electrons. The fourth-order valence-electron chi connectivity index (χ4n) is 0.958. The summed E-state index contributed by atoms with van der Waals surface area (Å²) in [4.78, 5) is 34.7. The molecule has 2 atom stereocenters. The SMILES string of the molecule is Nc1ccc(OP(=O)(O)OP(=O)(O)OP(=O)(O)O)cc1. The lowest BCUT2D eigenvalue weighted by Gasteiger charge is -2.16. The first kappa shape index (κ1) is 17.3. The Morgan fingerprint density at radius 1 is 0.850 bits per heavy atom. The van der Waals surface area contributed by atoms with Gasteiger partial charge in [0.25, 0.3) is 0 Å². The monoisotopic (exact) mass is 349 g/mol. The van der Waals surface area contributed by atoms with Crippen LogP contribution in [0.15, 0.2) is 24.3 Å². The van der Waals surface area contributed by atoms with Crippen molar-refractivity contribution in [1.29, 1.82) is 0 Å². The fourth-order valence-corrected chi connectivity index (χ4v) is 3.99. The Balaban J connectivity index is 2.79. The third-order valence-electron chi connectivity index (χ3n) is 1.52. The van der Waals surface area contributed by atoms with Gasteiger partial charge in [-0.2, -0.15) is 8.62 Å². The molecule has 11 nitrogen and oxygen atoms in total. The van der Waals surface area contributed by atoms with E-state index in [2.05, 4.69) is 13.1 Å². The highest BCUT2D eigenvalue weighted by Crippen LogP contribution is 2.66. The van der Waals surface area contributed by atoms with Crippen LogP contribution in [0.4, 0.5) is 5.69 Å². The van der Waals surface area contributed by atoms with Gasteiger partial charge in [-0.15, -0.1) is 0 Å². The molecule has 0 aliphatic rings. The maximum absolute atomic E-state index is 11.4. The third kappa shape index (κ3) is 6.62. The van der Waals surface area contributed by atoms with Gasteiger partial charge < -0.3 is 24.9 Å². The fraction of sp³-hybridized carbons (Fsp3) is 0. The van der Waals surface area contributed by atoms with Crippen LogP contribution in [0.5, 0.6) is 5.75 Å². The van der Waals surface area contributed by atoms with Gasteiger partial charge in [0.1, 0.15) is 5.75 Å². The molecule has 0 radical (unpaired) electrons. The smallest absolute Gasteiger partial charge is 0.404 e. The van der Waals surface area contributed by atoms with Gasteiger partial charge in [-0.3, -0.25) is 4.89 Å². The van der Waals surface area contributed by atoms with Gasteiger partial charge in [-0.25, -0.2) is 13.7 Å². The molecule has 14 heteroatoms. The first-order valence-electron chi connectivity index (χ1n) is 4.57. The Kier molecular flexibility index (Phi) is 5.15. The van der Waals surface area contributed by atoms with E-state index in [1.165, 1.54) is 12.1 Å². The minimum Gasteiger partial charge on any atom is -0.404 e. The van der Waals surface area contributed by atoms with Crippen LogP contribution in [-0.4, -0.2) is 19.6 Å². The largest absolute Gasteiger partial charge is 0.536 e. The van der Waals surface area contributed by atoms with Crippen molar-refractivity contribution in [3.63, 3.8) is 0 Å². The number of anilines is 1. The molecule has 6 N–H and O–H groups in total. The number of hydrogen-bond donors (Lipinski definition) is 5. The van der Waals surface area contributed by atoms with Crippen LogP contribution in [0, 0.1) is 0 Å². The van der Waals surface area contributed by atoms with E-state index in [0.29, 0.717) is 5.69 Å². The molecule has 0 aliphatic heterocycles. The molecular formula is C6H10NO10P3. The van der Waals surface area contributed by atoms with Crippen molar-refractivity contribution in [2.24, 2.45) is 0 Å². The molecule has 20 heavy (non-hydrogen) atoms. The van der Waals surface area contributed by atoms with Crippen molar-refractivity contribution in [2.45, 2.75) is 0 Å². The van der Waals surface area contributed by atoms with Crippen molar-refractivity contribution in [1.82, 2.24) is 0 Å². The maximum Gasteiger partial charge on any atom is 0.536 e. The summed E-state index contributed by atoms with van der Waals surface area (Å²) in [5.74, 6) is -0.235. The van der Waals surface area contributed by atoms with Gasteiger partial charge in [0, 0.05) is 5.69 Å². The van der Waals surface area contributed by atoms with Gasteiger partial charge in [0.15, 0.2) is 0 Å². The summed E-state index contributed by atoms with van der Waals surface area (Å²) >= 11 is 0. The molecule has 0 saturated heterocycles. The van der Waals surface area contributed by atoms with Crippen LogP contribution >= 0.6 is 23.5 Å². The van der Waals surface area contributed by atoms with Crippen LogP contribution in [0.3, 0.4) is 0 Å².